The number of carbonyl (C=O) groups excluding carboxylic acids is 1. The van der Waals surface area contributed by atoms with Crippen LogP contribution < -0.4 is 5.32 Å². The molecule has 0 spiro atoms. The second-order valence-corrected chi connectivity index (χ2v) is 16.9. The van der Waals surface area contributed by atoms with Crippen LogP contribution in [-0.4, -0.2) is 87.5 Å². The summed E-state index contributed by atoms with van der Waals surface area (Å²) in [6.45, 7) is 3.60. The van der Waals surface area contributed by atoms with Crippen molar-refractivity contribution < 1.29 is 39.8 Å². The maximum Gasteiger partial charge on any atom is 0.220 e. The number of carbonyl (C=O) groups is 1. The molecule has 1 saturated heterocycles. The number of ether oxygens (including phenoxy) is 2. The first-order chi connectivity index (χ1) is 31.3. The van der Waals surface area contributed by atoms with E-state index in [1.54, 1.807) is 6.08 Å². The summed E-state index contributed by atoms with van der Waals surface area (Å²) in [5, 5.41) is 54.3. The minimum Gasteiger partial charge on any atom is -0.394 e. The third-order valence-electron chi connectivity index (χ3n) is 11.1. The molecule has 1 aliphatic rings. The van der Waals surface area contributed by atoms with Gasteiger partial charge < -0.3 is 40.3 Å². The number of nitrogens with one attached hydrogen (secondary N) is 1. The second kappa shape index (κ2) is 43.7. The smallest absolute Gasteiger partial charge is 0.220 e. The molecule has 0 aromatic carbocycles. The van der Waals surface area contributed by atoms with E-state index in [-0.39, 0.29) is 18.9 Å². The van der Waals surface area contributed by atoms with Crippen LogP contribution in [0.3, 0.4) is 0 Å². The van der Waals surface area contributed by atoms with Crippen molar-refractivity contribution in [3.8, 4) is 0 Å². The Hall–Kier alpha value is -3.15. The number of amides is 1. The van der Waals surface area contributed by atoms with E-state index < -0.39 is 49.5 Å². The zero-order valence-corrected chi connectivity index (χ0v) is 40.0. The predicted octanol–water partition coefficient (Wildman–Crippen LogP) is 11.4. The van der Waals surface area contributed by atoms with Gasteiger partial charge in [-0.05, 0) is 96.3 Å². The number of aliphatic hydroxyl groups excluding tert-OH is 5. The Morgan fingerprint density at radius 3 is 1.50 bits per heavy atom. The highest BCUT2D eigenvalue weighted by Gasteiger charge is 2.44. The minimum atomic E-state index is -1.59. The van der Waals surface area contributed by atoms with Crippen LogP contribution in [0.25, 0.3) is 0 Å². The van der Waals surface area contributed by atoms with Crippen LogP contribution in [0.15, 0.2) is 109 Å². The molecule has 0 aliphatic carbocycles. The number of hydrogen-bond acceptors (Lipinski definition) is 8. The Morgan fingerprint density at radius 1 is 0.547 bits per heavy atom. The van der Waals surface area contributed by atoms with Crippen molar-refractivity contribution in [3.05, 3.63) is 109 Å². The van der Waals surface area contributed by atoms with Gasteiger partial charge in [0, 0.05) is 6.42 Å². The summed E-state index contributed by atoms with van der Waals surface area (Å²) in [7, 11) is 0. The molecule has 9 nitrogen and oxygen atoms in total. The molecular weight excluding hydrogens is 803 g/mol. The Labute approximate surface area is 389 Å². The maximum atomic E-state index is 13.0. The molecule has 1 rings (SSSR count). The largest absolute Gasteiger partial charge is 0.394 e. The molecule has 9 heteroatoms. The second-order valence-electron chi connectivity index (χ2n) is 16.9. The monoisotopic (exact) mass is 894 g/mol. The summed E-state index contributed by atoms with van der Waals surface area (Å²) in [5.41, 5.74) is 0. The molecule has 1 amide bonds. The van der Waals surface area contributed by atoms with Crippen LogP contribution in [0.5, 0.6) is 0 Å². The molecule has 6 N–H and O–H groups in total. The van der Waals surface area contributed by atoms with Crippen LogP contribution >= 0.6 is 0 Å². The number of allylic oxidation sites excluding steroid dienone is 17. The van der Waals surface area contributed by atoms with Crippen molar-refractivity contribution >= 4 is 5.91 Å². The Balaban J connectivity index is 2.41. The topological polar surface area (TPSA) is 149 Å². The first kappa shape index (κ1) is 58.9. The fourth-order valence-corrected chi connectivity index (χ4v) is 7.07. The third kappa shape index (κ3) is 33.3. The number of aliphatic hydroxyl groups is 5. The molecule has 0 saturated carbocycles. The molecule has 64 heavy (non-hydrogen) atoms. The Morgan fingerprint density at radius 2 is 0.984 bits per heavy atom. The number of rotatable bonds is 40. The van der Waals surface area contributed by atoms with E-state index in [1.165, 1.54) is 64.2 Å². The van der Waals surface area contributed by atoms with Gasteiger partial charge in [0.2, 0.25) is 5.91 Å². The van der Waals surface area contributed by atoms with Crippen molar-refractivity contribution in [2.75, 3.05) is 13.2 Å². The van der Waals surface area contributed by atoms with Crippen LogP contribution in [0.4, 0.5) is 0 Å². The highest BCUT2D eigenvalue weighted by Crippen LogP contribution is 2.22. The van der Waals surface area contributed by atoms with Crippen LogP contribution in [0, 0.1) is 0 Å². The highest BCUT2D eigenvalue weighted by molar-refractivity contribution is 5.76. The quantitative estimate of drug-likeness (QED) is 0.0263. The lowest BCUT2D eigenvalue weighted by atomic mass is 9.99. The lowest BCUT2D eigenvalue weighted by Crippen LogP contribution is -2.60. The standard InChI is InChI=1S/C55H91NO8/c1-3-5-7-9-11-13-15-17-19-21-23-25-27-29-31-33-35-37-39-41-43-45-51(59)56-48(47-63-55-54(62)53(61)52(60)50(46-57)64-55)49(58)44-42-40-38-36-34-32-30-28-26-24-22-20-18-16-14-12-10-8-6-4-2/h5,7,11,13,17,19,23,25-26,28-29,31,34-37,42,44,48-50,52-55,57-58,60-62H,3-4,6,8-10,12,14-16,18,20-22,24,27,30,32-33,38-41,43,45-47H2,1-2H3,(H,56,59)/b7-5-,13-11-,19-17-,25-23-,28-26+,31-29-,36-34+,37-35-,44-42+. The zero-order chi connectivity index (χ0) is 46.6. The lowest BCUT2D eigenvalue weighted by molar-refractivity contribution is -0.302. The fourth-order valence-electron chi connectivity index (χ4n) is 7.07. The van der Waals surface area contributed by atoms with Crippen molar-refractivity contribution in [2.45, 2.75) is 217 Å². The van der Waals surface area contributed by atoms with Crippen molar-refractivity contribution in [3.63, 3.8) is 0 Å². The first-order valence-corrected chi connectivity index (χ1v) is 25.1. The summed E-state index contributed by atoms with van der Waals surface area (Å²) in [5.74, 6) is -0.238. The molecular formula is C55H91NO8. The molecule has 0 radical (unpaired) electrons. The molecule has 0 aromatic heterocycles. The fraction of sp³-hybridized carbons (Fsp3) is 0.655. The van der Waals surface area contributed by atoms with Gasteiger partial charge in [0.1, 0.15) is 24.4 Å². The maximum absolute atomic E-state index is 13.0. The first-order valence-electron chi connectivity index (χ1n) is 25.1. The van der Waals surface area contributed by atoms with Gasteiger partial charge in [0.05, 0.1) is 25.4 Å². The van der Waals surface area contributed by atoms with Crippen LogP contribution in [0.2, 0.25) is 0 Å². The summed E-state index contributed by atoms with van der Waals surface area (Å²) >= 11 is 0. The third-order valence-corrected chi connectivity index (χ3v) is 11.1. The van der Waals surface area contributed by atoms with Gasteiger partial charge in [-0.15, -0.1) is 0 Å². The predicted molar refractivity (Wildman–Crippen MR) is 267 cm³/mol. The van der Waals surface area contributed by atoms with E-state index in [2.05, 4.69) is 116 Å². The molecule has 364 valence electrons. The van der Waals surface area contributed by atoms with E-state index in [4.69, 9.17) is 9.47 Å². The van der Waals surface area contributed by atoms with E-state index in [0.29, 0.717) is 12.8 Å². The average molecular weight is 894 g/mol. The Bertz CT molecular complexity index is 1360. The van der Waals surface area contributed by atoms with Gasteiger partial charge >= 0.3 is 0 Å². The molecule has 1 aliphatic heterocycles. The molecule has 0 aromatic rings. The zero-order valence-electron chi connectivity index (χ0n) is 40.0. The van der Waals surface area contributed by atoms with Crippen LogP contribution in [0.1, 0.15) is 174 Å². The Kier molecular flexibility index (Phi) is 40.2. The molecule has 7 unspecified atom stereocenters. The summed E-state index contributed by atoms with van der Waals surface area (Å²) in [4.78, 5) is 13.0. The van der Waals surface area contributed by atoms with E-state index in [9.17, 15) is 30.3 Å². The molecule has 1 fully saturated rings. The highest BCUT2D eigenvalue weighted by atomic mass is 16.7. The van der Waals surface area contributed by atoms with Crippen molar-refractivity contribution in [1.29, 1.82) is 0 Å². The summed E-state index contributed by atoms with van der Waals surface area (Å²) in [6, 6.07) is -0.859. The van der Waals surface area contributed by atoms with Gasteiger partial charge in [-0.3, -0.25) is 4.79 Å². The molecule has 0 bridgehead atoms. The van der Waals surface area contributed by atoms with Gasteiger partial charge in [0.15, 0.2) is 6.29 Å². The van der Waals surface area contributed by atoms with Gasteiger partial charge in [-0.2, -0.15) is 0 Å². The van der Waals surface area contributed by atoms with Crippen LogP contribution in [-0.2, 0) is 14.3 Å². The van der Waals surface area contributed by atoms with E-state index in [1.807, 2.05) is 6.08 Å². The van der Waals surface area contributed by atoms with Crippen molar-refractivity contribution in [2.24, 2.45) is 0 Å². The lowest BCUT2D eigenvalue weighted by Gasteiger charge is -2.40. The van der Waals surface area contributed by atoms with E-state index >= 15 is 0 Å². The van der Waals surface area contributed by atoms with E-state index in [0.717, 1.165) is 77.0 Å². The number of hydrogen-bond donors (Lipinski definition) is 6. The molecule has 7 atom stereocenters. The summed E-state index contributed by atoms with van der Waals surface area (Å²) < 4.78 is 11.2. The normalized spacial score (nSPS) is 21.0. The minimum absolute atomic E-state index is 0.231. The summed E-state index contributed by atoms with van der Waals surface area (Å²) in [6.07, 6.45) is 57.1. The molecule has 1 heterocycles. The van der Waals surface area contributed by atoms with Gasteiger partial charge in [-0.25, -0.2) is 0 Å². The average Bonchev–Trinajstić information content (AvgIpc) is 3.29. The van der Waals surface area contributed by atoms with Crippen molar-refractivity contribution in [1.82, 2.24) is 5.32 Å². The van der Waals surface area contributed by atoms with Gasteiger partial charge in [0.25, 0.3) is 0 Å². The SMILES string of the molecule is CC/C=C\C/C=C\C/C=C\C/C=C\C/C=C\C/C=C\CCCCC(=O)NC(COC1OC(CO)C(O)C(O)C1O)C(O)/C=C/CC/C=C/CC/C=C/CCCCCCCCCCCC. The van der Waals surface area contributed by atoms with Gasteiger partial charge in [-0.1, -0.05) is 181 Å². The number of unbranched alkanes of at least 4 members (excludes halogenated alkanes) is 14.